The van der Waals surface area contributed by atoms with Gasteiger partial charge in [-0.15, -0.1) is 0 Å². The maximum atomic E-state index is 5.82. The van der Waals surface area contributed by atoms with Gasteiger partial charge in [0, 0.05) is 19.8 Å². The Kier molecular flexibility index (Phi) is 12.2. The Labute approximate surface area is 106 Å². The van der Waals surface area contributed by atoms with Crippen LogP contribution in [-0.2, 0) is 13.6 Å². The van der Waals surface area contributed by atoms with Crippen LogP contribution in [0.25, 0.3) is 0 Å². The third-order valence-corrected chi connectivity index (χ3v) is 5.81. The van der Waals surface area contributed by atoms with Crippen molar-refractivity contribution in [3.05, 3.63) is 0 Å². The Morgan fingerprint density at radius 2 is 1.50 bits per heavy atom. The average Bonchev–Trinajstić information content (AvgIpc) is 2.19. The van der Waals surface area contributed by atoms with Gasteiger partial charge in [0.2, 0.25) is 0 Å². The molecule has 0 aromatic rings. The Bertz CT molecular complexity index is 150. The molecular formula is C11H30O3Si2. The zero-order valence-electron chi connectivity index (χ0n) is 10.8. The van der Waals surface area contributed by atoms with E-state index in [2.05, 4.69) is 20.4 Å². The van der Waals surface area contributed by atoms with Crippen LogP contribution >= 0.6 is 0 Å². The molecule has 0 fully saturated rings. The summed E-state index contributed by atoms with van der Waals surface area (Å²) >= 11 is 0. The number of hydrogen-bond acceptors (Lipinski definition) is 3. The van der Waals surface area contributed by atoms with Crippen molar-refractivity contribution < 1.29 is 13.6 Å². The molecule has 0 heterocycles. The van der Waals surface area contributed by atoms with Crippen LogP contribution in [-0.4, -0.2) is 45.1 Å². The van der Waals surface area contributed by atoms with Crippen LogP contribution in [0.1, 0.15) is 40.5 Å². The lowest BCUT2D eigenvalue weighted by atomic mass is 10.5. The second-order valence-electron chi connectivity index (χ2n) is 3.65. The normalized spacial score (nSPS) is 13.3. The molecule has 0 aliphatic rings. The van der Waals surface area contributed by atoms with E-state index in [1.54, 1.807) is 0 Å². The van der Waals surface area contributed by atoms with E-state index in [0.29, 0.717) is 13.2 Å². The molecule has 0 rings (SSSR count). The minimum absolute atomic E-state index is 0. The number of rotatable bonds is 9. The highest BCUT2D eigenvalue weighted by Crippen LogP contribution is 2.18. The number of hydrogen-bond donors (Lipinski definition) is 0. The zero-order valence-corrected chi connectivity index (χ0v) is 11.8. The van der Waals surface area contributed by atoms with Crippen molar-refractivity contribution in [1.29, 1.82) is 0 Å². The molecule has 0 bridgehead atoms. The molecule has 0 aliphatic heterocycles. The molecule has 0 N–H and O–H groups in total. The Hall–Kier alpha value is 0.314. The average molecular weight is 267 g/mol. The summed E-state index contributed by atoms with van der Waals surface area (Å²) in [6, 6.07) is 0. The van der Waals surface area contributed by atoms with E-state index in [9.17, 15) is 0 Å². The van der Waals surface area contributed by atoms with Crippen molar-refractivity contribution in [3.8, 4) is 0 Å². The first-order valence-corrected chi connectivity index (χ1v) is 8.43. The van der Waals surface area contributed by atoms with Crippen LogP contribution < -0.4 is 0 Å². The van der Waals surface area contributed by atoms with E-state index < -0.39 is 8.56 Å². The molecule has 0 radical (unpaired) electrons. The van der Waals surface area contributed by atoms with Crippen molar-refractivity contribution in [2.45, 2.75) is 52.8 Å². The maximum absolute atomic E-state index is 5.82. The minimum atomic E-state index is -2.14. The molecule has 0 amide bonds. The summed E-state index contributed by atoms with van der Waals surface area (Å²) in [5.41, 5.74) is 0.150. The summed E-state index contributed by atoms with van der Waals surface area (Å²) in [4.78, 5) is 0. The predicted molar refractivity (Wildman–Crippen MR) is 76.5 cm³/mol. The summed E-state index contributed by atoms with van der Waals surface area (Å²) in [7, 11) is -2.14. The van der Waals surface area contributed by atoms with Crippen molar-refractivity contribution in [1.82, 2.24) is 0 Å². The fraction of sp³-hybridized carbons (Fsp3) is 1.00. The van der Waals surface area contributed by atoms with Gasteiger partial charge in [-0.25, -0.2) is 0 Å². The van der Waals surface area contributed by atoms with Crippen LogP contribution in [0.4, 0.5) is 0 Å². The fourth-order valence-corrected chi connectivity index (χ4v) is 4.46. The Morgan fingerprint density at radius 3 is 1.81 bits per heavy atom. The van der Waals surface area contributed by atoms with Crippen LogP contribution in [0, 0.1) is 0 Å². The molecule has 0 aromatic heterocycles. The third-order valence-electron chi connectivity index (χ3n) is 2.34. The molecule has 3 nitrogen and oxygen atoms in total. The van der Waals surface area contributed by atoms with Gasteiger partial charge >= 0.3 is 8.56 Å². The second-order valence-corrected chi connectivity index (χ2v) is 6.90. The predicted octanol–water partition coefficient (Wildman–Crippen LogP) is 1.42. The van der Waals surface area contributed by atoms with Gasteiger partial charge in [-0.2, -0.15) is 0 Å². The first kappa shape index (κ1) is 18.7. The number of ether oxygens (including phenoxy) is 1. The smallest absolute Gasteiger partial charge is 0.364 e. The SMILES string of the molecule is CCCOC(CC)[Si](C)(OCC)OCC.[SiH4]. The van der Waals surface area contributed by atoms with Gasteiger partial charge in [0.25, 0.3) is 0 Å². The minimum Gasteiger partial charge on any atom is -0.393 e. The second kappa shape index (κ2) is 10.5. The molecule has 0 saturated carbocycles. The molecule has 0 saturated heterocycles. The highest BCUT2D eigenvalue weighted by molar-refractivity contribution is 6.67. The molecule has 0 aliphatic carbocycles. The van der Waals surface area contributed by atoms with Crippen LogP contribution in [0.5, 0.6) is 0 Å². The first-order chi connectivity index (χ1) is 7.14. The van der Waals surface area contributed by atoms with Gasteiger partial charge in [0.05, 0.1) is 0 Å². The lowest BCUT2D eigenvalue weighted by Gasteiger charge is -2.33. The van der Waals surface area contributed by atoms with E-state index >= 15 is 0 Å². The monoisotopic (exact) mass is 266 g/mol. The lowest BCUT2D eigenvalue weighted by molar-refractivity contribution is 0.0472. The Balaban J connectivity index is 0. The van der Waals surface area contributed by atoms with Crippen LogP contribution in [0.15, 0.2) is 0 Å². The summed E-state index contributed by atoms with van der Waals surface area (Å²) in [6.45, 7) is 12.6. The van der Waals surface area contributed by atoms with E-state index in [1.165, 1.54) is 0 Å². The first-order valence-electron chi connectivity index (χ1n) is 6.04. The van der Waals surface area contributed by atoms with Gasteiger partial charge in [0.15, 0.2) is 0 Å². The third kappa shape index (κ3) is 6.15. The van der Waals surface area contributed by atoms with Gasteiger partial charge < -0.3 is 13.6 Å². The van der Waals surface area contributed by atoms with Gasteiger partial charge in [-0.1, -0.05) is 13.8 Å². The summed E-state index contributed by atoms with van der Waals surface area (Å²) in [5.74, 6) is 0. The van der Waals surface area contributed by atoms with Crippen molar-refractivity contribution in [2.75, 3.05) is 19.8 Å². The van der Waals surface area contributed by atoms with Gasteiger partial charge in [-0.05, 0) is 44.2 Å². The molecule has 0 spiro atoms. The standard InChI is InChI=1S/C11H26O3Si.H4Si/c1-6-10-12-11(7-2)15(5,13-8-3)14-9-4;/h11H,6-10H2,1-5H3;1H4. The summed E-state index contributed by atoms with van der Waals surface area (Å²) < 4.78 is 17.4. The van der Waals surface area contributed by atoms with Gasteiger partial charge in [0.1, 0.15) is 5.73 Å². The largest absolute Gasteiger partial charge is 0.393 e. The lowest BCUT2D eigenvalue weighted by Crippen LogP contribution is -2.52. The molecular weight excluding hydrogens is 236 g/mol. The molecule has 16 heavy (non-hydrogen) atoms. The Morgan fingerprint density at radius 1 is 1.00 bits per heavy atom. The highest BCUT2D eigenvalue weighted by atomic mass is 28.4. The molecule has 0 aromatic carbocycles. The highest BCUT2D eigenvalue weighted by Gasteiger charge is 2.40. The topological polar surface area (TPSA) is 27.7 Å². The summed E-state index contributed by atoms with van der Waals surface area (Å²) in [5, 5.41) is 0. The van der Waals surface area contributed by atoms with Crippen molar-refractivity contribution in [3.63, 3.8) is 0 Å². The van der Waals surface area contributed by atoms with E-state index in [4.69, 9.17) is 13.6 Å². The fourth-order valence-electron chi connectivity index (χ4n) is 1.70. The van der Waals surface area contributed by atoms with Crippen molar-refractivity contribution in [2.24, 2.45) is 0 Å². The molecule has 100 valence electrons. The van der Waals surface area contributed by atoms with Crippen LogP contribution in [0.2, 0.25) is 6.55 Å². The molecule has 1 unspecified atom stereocenters. The van der Waals surface area contributed by atoms with E-state index in [1.807, 2.05) is 13.8 Å². The zero-order chi connectivity index (χ0) is 11.7. The molecule has 1 atom stereocenters. The summed E-state index contributed by atoms with van der Waals surface area (Å²) in [6.07, 6.45) is 2.00. The molecule has 5 heteroatoms. The maximum Gasteiger partial charge on any atom is 0.364 e. The quantitative estimate of drug-likeness (QED) is 0.591. The van der Waals surface area contributed by atoms with Gasteiger partial charge in [-0.3, -0.25) is 0 Å². The van der Waals surface area contributed by atoms with E-state index in [0.717, 1.165) is 19.4 Å². The van der Waals surface area contributed by atoms with Crippen molar-refractivity contribution >= 4 is 19.5 Å². The van der Waals surface area contributed by atoms with E-state index in [-0.39, 0.29) is 16.7 Å². The van der Waals surface area contributed by atoms with Crippen LogP contribution in [0.3, 0.4) is 0 Å².